The van der Waals surface area contributed by atoms with Gasteiger partial charge in [-0.1, -0.05) is 0 Å². The molecule has 1 aromatic rings. The Morgan fingerprint density at radius 2 is 2.06 bits per heavy atom. The first-order valence-corrected chi connectivity index (χ1v) is 4.33. The molecule has 1 rings (SSSR count). The Balaban J connectivity index is 2.70. The van der Waals surface area contributed by atoms with Crippen LogP contribution in [0.25, 0.3) is 0 Å². The van der Waals surface area contributed by atoms with Crippen LogP contribution in [0.3, 0.4) is 0 Å². The van der Waals surface area contributed by atoms with Crippen molar-refractivity contribution >= 4 is 23.8 Å². The van der Waals surface area contributed by atoms with Gasteiger partial charge in [-0.2, -0.15) is 4.98 Å². The molecule has 1 heterocycles. The van der Waals surface area contributed by atoms with E-state index in [4.69, 9.17) is 15.9 Å². The number of rotatable bonds is 5. The highest BCUT2D eigenvalue weighted by molar-refractivity contribution is 5.94. The van der Waals surface area contributed by atoms with Gasteiger partial charge >= 0.3 is 11.9 Å². The van der Waals surface area contributed by atoms with E-state index in [-0.39, 0.29) is 11.8 Å². The largest absolute Gasteiger partial charge is 0.481 e. The molecule has 0 aliphatic carbocycles. The van der Waals surface area contributed by atoms with E-state index >= 15 is 0 Å². The maximum atomic E-state index is 11.4. The molecule has 0 radical (unpaired) electrons. The normalized spacial score (nSPS) is 11.8. The zero-order valence-corrected chi connectivity index (χ0v) is 8.38. The van der Waals surface area contributed by atoms with E-state index in [0.29, 0.717) is 0 Å². The number of anilines is 1. The Morgan fingerprint density at radius 3 is 2.47 bits per heavy atom. The number of aliphatic carboxylic acids is 2. The third-order valence-corrected chi connectivity index (χ3v) is 1.70. The van der Waals surface area contributed by atoms with Crippen LogP contribution in [0, 0.1) is 0 Å². The number of nitrogens with one attached hydrogen (secondary N) is 2. The molecule has 0 aliphatic rings. The molecule has 1 atom stereocenters. The fourth-order valence-electron chi connectivity index (χ4n) is 0.978. The fraction of sp³-hybridized carbons (Fsp3) is 0.286. The predicted octanol–water partition coefficient (Wildman–Crippen LogP) is -1.96. The van der Waals surface area contributed by atoms with Crippen LogP contribution in [0.2, 0.25) is 0 Å². The molecule has 0 spiro atoms. The van der Waals surface area contributed by atoms with Crippen molar-refractivity contribution in [1.82, 2.24) is 20.5 Å². The zero-order valence-electron chi connectivity index (χ0n) is 8.38. The molecule has 10 heteroatoms. The molecule has 10 nitrogen and oxygen atoms in total. The third-order valence-electron chi connectivity index (χ3n) is 1.70. The van der Waals surface area contributed by atoms with Crippen molar-refractivity contribution < 1.29 is 24.6 Å². The molecule has 92 valence electrons. The number of aromatic amines is 1. The van der Waals surface area contributed by atoms with E-state index in [2.05, 4.69) is 15.2 Å². The minimum Gasteiger partial charge on any atom is -0.481 e. The van der Waals surface area contributed by atoms with Gasteiger partial charge in [0.1, 0.15) is 6.04 Å². The number of nitrogens with zero attached hydrogens (tertiary/aromatic N) is 2. The van der Waals surface area contributed by atoms with Gasteiger partial charge in [0, 0.05) is 0 Å². The molecule has 0 saturated heterocycles. The van der Waals surface area contributed by atoms with Gasteiger partial charge in [-0.05, 0) is 0 Å². The van der Waals surface area contributed by atoms with E-state index in [0.717, 1.165) is 0 Å². The van der Waals surface area contributed by atoms with Gasteiger partial charge in [0.25, 0.3) is 5.91 Å². The molecule has 1 unspecified atom stereocenters. The number of amides is 1. The summed E-state index contributed by atoms with van der Waals surface area (Å²) in [4.78, 5) is 35.9. The molecule has 6 N–H and O–H groups in total. The van der Waals surface area contributed by atoms with Crippen LogP contribution in [0.4, 0.5) is 5.95 Å². The van der Waals surface area contributed by atoms with Crippen molar-refractivity contribution in [3.63, 3.8) is 0 Å². The summed E-state index contributed by atoms with van der Waals surface area (Å²) in [7, 11) is 0. The lowest BCUT2D eigenvalue weighted by molar-refractivity contribution is -0.145. The highest BCUT2D eigenvalue weighted by Gasteiger charge is 2.24. The predicted molar refractivity (Wildman–Crippen MR) is 51.9 cm³/mol. The third kappa shape index (κ3) is 3.44. The lowest BCUT2D eigenvalue weighted by Gasteiger charge is -2.10. The minimum atomic E-state index is -1.55. The standard InChI is InChI=1S/C7H9N5O5/c8-7-10-4(11-12-7)5(15)9-2(6(16)17)1-3(13)14/h2H,1H2,(H,9,15)(H,13,14)(H,16,17)(H3,8,10,11,12). The highest BCUT2D eigenvalue weighted by atomic mass is 16.4. The molecule has 0 saturated carbocycles. The first kappa shape index (κ1) is 12.4. The number of hydrogen-bond donors (Lipinski definition) is 5. The molecule has 0 bridgehead atoms. The second-order valence-electron chi connectivity index (χ2n) is 3.00. The number of carbonyl (C=O) groups is 3. The molecule has 17 heavy (non-hydrogen) atoms. The molecule has 1 aromatic heterocycles. The number of carboxylic acid groups (broad SMARTS) is 2. The van der Waals surface area contributed by atoms with Gasteiger partial charge in [-0.15, -0.1) is 5.10 Å². The first-order chi connectivity index (χ1) is 7.90. The number of H-pyrrole nitrogens is 1. The maximum Gasteiger partial charge on any atom is 0.326 e. The van der Waals surface area contributed by atoms with Crippen LogP contribution < -0.4 is 11.1 Å². The van der Waals surface area contributed by atoms with E-state index in [9.17, 15) is 14.4 Å². The maximum absolute atomic E-state index is 11.4. The van der Waals surface area contributed by atoms with Gasteiger partial charge < -0.3 is 21.3 Å². The molecular formula is C7H9N5O5. The zero-order chi connectivity index (χ0) is 13.0. The summed E-state index contributed by atoms with van der Waals surface area (Å²) in [6.45, 7) is 0. The van der Waals surface area contributed by atoms with E-state index in [1.807, 2.05) is 5.32 Å². The molecule has 0 aromatic carbocycles. The average molecular weight is 243 g/mol. The van der Waals surface area contributed by atoms with E-state index in [1.165, 1.54) is 0 Å². The minimum absolute atomic E-state index is 0.180. The van der Waals surface area contributed by atoms with Crippen LogP contribution in [0.1, 0.15) is 17.0 Å². The van der Waals surface area contributed by atoms with Crippen molar-refractivity contribution in [1.29, 1.82) is 0 Å². The van der Waals surface area contributed by atoms with Crippen molar-refractivity contribution in [2.45, 2.75) is 12.5 Å². The summed E-state index contributed by atoms with van der Waals surface area (Å²) >= 11 is 0. The van der Waals surface area contributed by atoms with Crippen molar-refractivity contribution in [3.05, 3.63) is 5.82 Å². The fourth-order valence-corrected chi connectivity index (χ4v) is 0.978. The Bertz CT molecular complexity index is 455. The Kier molecular flexibility index (Phi) is 3.59. The first-order valence-electron chi connectivity index (χ1n) is 4.33. The molecule has 0 fully saturated rings. The monoisotopic (exact) mass is 243 g/mol. The van der Waals surface area contributed by atoms with Crippen molar-refractivity contribution in [2.24, 2.45) is 0 Å². The van der Waals surface area contributed by atoms with Gasteiger partial charge in [-0.3, -0.25) is 14.7 Å². The van der Waals surface area contributed by atoms with Crippen LogP contribution in [-0.4, -0.2) is 49.3 Å². The Labute approximate surface area is 93.8 Å². The number of carboxylic acids is 2. The SMILES string of the molecule is Nc1n[nH]c(C(=O)NC(CC(=O)O)C(=O)O)n1. The Morgan fingerprint density at radius 1 is 1.41 bits per heavy atom. The summed E-state index contributed by atoms with van der Waals surface area (Å²) in [6.07, 6.45) is -0.745. The second kappa shape index (κ2) is 4.92. The van der Waals surface area contributed by atoms with Gasteiger partial charge in [0.2, 0.25) is 11.8 Å². The quantitative estimate of drug-likeness (QED) is 0.396. The van der Waals surface area contributed by atoms with E-state index in [1.54, 1.807) is 0 Å². The molecule has 0 aliphatic heterocycles. The summed E-state index contributed by atoms with van der Waals surface area (Å²) in [5.41, 5.74) is 5.14. The second-order valence-corrected chi connectivity index (χ2v) is 3.00. The highest BCUT2D eigenvalue weighted by Crippen LogP contribution is 1.97. The van der Waals surface area contributed by atoms with Crippen LogP contribution in [0.5, 0.6) is 0 Å². The molecular weight excluding hydrogens is 234 g/mol. The lowest BCUT2D eigenvalue weighted by Crippen LogP contribution is -2.42. The average Bonchev–Trinajstić information content (AvgIpc) is 2.63. The smallest absolute Gasteiger partial charge is 0.326 e. The van der Waals surface area contributed by atoms with E-state index < -0.39 is 30.3 Å². The number of nitrogens with two attached hydrogens (primary N) is 1. The number of hydrogen-bond acceptors (Lipinski definition) is 6. The summed E-state index contributed by atoms with van der Waals surface area (Å²) in [6, 6.07) is -1.55. The number of carbonyl (C=O) groups excluding carboxylic acids is 1. The topological polar surface area (TPSA) is 171 Å². The summed E-state index contributed by atoms with van der Waals surface area (Å²) in [5.74, 6) is -4.19. The van der Waals surface area contributed by atoms with Crippen molar-refractivity contribution in [3.8, 4) is 0 Å². The van der Waals surface area contributed by atoms with Crippen LogP contribution >= 0.6 is 0 Å². The van der Waals surface area contributed by atoms with Crippen LogP contribution in [-0.2, 0) is 9.59 Å². The summed E-state index contributed by atoms with van der Waals surface area (Å²) in [5, 5.41) is 24.6. The lowest BCUT2D eigenvalue weighted by atomic mass is 10.2. The Hall–Kier alpha value is -2.65. The number of nitrogen functional groups attached to an aromatic ring is 1. The van der Waals surface area contributed by atoms with Gasteiger partial charge in [-0.25, -0.2) is 4.79 Å². The van der Waals surface area contributed by atoms with Gasteiger partial charge in [0.15, 0.2) is 0 Å². The van der Waals surface area contributed by atoms with Crippen LogP contribution in [0.15, 0.2) is 0 Å². The van der Waals surface area contributed by atoms with Crippen molar-refractivity contribution in [2.75, 3.05) is 5.73 Å². The molecule has 1 amide bonds. The number of aromatic nitrogens is 3. The summed E-state index contributed by atoms with van der Waals surface area (Å²) < 4.78 is 0. The van der Waals surface area contributed by atoms with Gasteiger partial charge in [0.05, 0.1) is 6.42 Å².